The Bertz CT molecular complexity index is 1390. The lowest BCUT2D eigenvalue weighted by molar-refractivity contribution is -0.130. The van der Waals surface area contributed by atoms with Crippen LogP contribution in [0.15, 0.2) is 67.0 Å². The third-order valence-corrected chi connectivity index (χ3v) is 7.57. The number of benzene rings is 2. The fourth-order valence-electron chi connectivity index (χ4n) is 5.22. The van der Waals surface area contributed by atoms with Gasteiger partial charge in [0.25, 0.3) is 5.91 Å². The third kappa shape index (κ3) is 6.59. The van der Waals surface area contributed by atoms with Gasteiger partial charge >= 0.3 is 0 Å². The molecule has 8 nitrogen and oxygen atoms in total. The zero-order chi connectivity index (χ0) is 28.1. The van der Waals surface area contributed by atoms with Crippen LogP contribution in [0.4, 0.5) is 4.39 Å². The molecule has 2 aliphatic rings. The predicted octanol–water partition coefficient (Wildman–Crippen LogP) is 3.84. The van der Waals surface area contributed by atoms with Gasteiger partial charge in [-0.2, -0.15) is 0 Å². The highest BCUT2D eigenvalue weighted by atomic mass is 35.5. The molecular weight excluding hydrogens is 535 g/mol. The van der Waals surface area contributed by atoms with Gasteiger partial charge in [0.15, 0.2) is 0 Å². The van der Waals surface area contributed by atoms with Gasteiger partial charge in [0.2, 0.25) is 11.8 Å². The molecule has 1 aromatic heterocycles. The number of fused-ring (bicyclic) bond motifs is 4. The smallest absolute Gasteiger partial charge is 0.255 e. The summed E-state index contributed by atoms with van der Waals surface area (Å²) in [7, 11) is 0. The number of carbonyl (C=O) groups is 3. The van der Waals surface area contributed by atoms with Crippen molar-refractivity contribution in [1.82, 2.24) is 20.1 Å². The number of aromatic nitrogens is 1. The molecule has 208 valence electrons. The molecule has 0 aliphatic carbocycles. The average molecular weight is 565 g/mol. The van der Waals surface area contributed by atoms with Crippen molar-refractivity contribution >= 4 is 29.3 Å². The summed E-state index contributed by atoms with van der Waals surface area (Å²) in [4.78, 5) is 47.2. The van der Waals surface area contributed by atoms with Crippen molar-refractivity contribution in [2.45, 2.75) is 31.2 Å². The fourth-order valence-corrected chi connectivity index (χ4v) is 5.47. The van der Waals surface area contributed by atoms with Crippen LogP contribution in [0, 0.1) is 5.82 Å². The van der Waals surface area contributed by atoms with Crippen molar-refractivity contribution in [3.05, 3.63) is 94.5 Å². The molecular formula is C30H30ClFN4O4. The van der Waals surface area contributed by atoms with Crippen LogP contribution in [0.5, 0.6) is 5.75 Å². The van der Waals surface area contributed by atoms with Crippen LogP contribution in [0.2, 0.25) is 5.02 Å². The van der Waals surface area contributed by atoms with E-state index in [1.807, 2.05) is 30.3 Å². The van der Waals surface area contributed by atoms with Crippen molar-refractivity contribution in [2.24, 2.45) is 0 Å². The lowest BCUT2D eigenvalue weighted by Crippen LogP contribution is -2.47. The molecule has 3 amide bonds. The minimum Gasteiger partial charge on any atom is -0.494 e. The van der Waals surface area contributed by atoms with Crippen LogP contribution in [0.1, 0.15) is 40.2 Å². The zero-order valence-corrected chi connectivity index (χ0v) is 22.6. The maximum absolute atomic E-state index is 13.6. The Labute approximate surface area is 237 Å². The molecule has 2 aliphatic heterocycles. The Morgan fingerprint density at radius 1 is 1.07 bits per heavy atom. The highest BCUT2D eigenvalue weighted by Crippen LogP contribution is 2.31. The summed E-state index contributed by atoms with van der Waals surface area (Å²) in [6.07, 6.45) is 4.81. The van der Waals surface area contributed by atoms with Gasteiger partial charge in [0.05, 0.1) is 36.2 Å². The number of halogens is 2. The standard InChI is InChI=1S/C30H30ClFN4O4/c31-26-15-22(32)8-9-24(26)30(39)35-11-1-2-12-40-23-7-3-6-21(14-23)25-17-36(18-27(25)34-28(37)19-35)29(38)13-20-5-4-10-33-16-20/h3-10,14-16,25,27H,1-2,11-13,17-19H2,(H,34,37)/t25-,27+/m1/s1. The molecule has 5 rings (SSSR count). The van der Waals surface area contributed by atoms with Gasteiger partial charge in [0.1, 0.15) is 11.6 Å². The second-order valence-electron chi connectivity index (χ2n) is 10.1. The number of ether oxygens (including phenoxy) is 1. The number of pyridine rings is 1. The maximum atomic E-state index is 13.6. The van der Waals surface area contributed by atoms with Crippen LogP contribution in [0.25, 0.3) is 0 Å². The Hall–Kier alpha value is -3.98. The number of hydrogen-bond donors (Lipinski definition) is 1. The van der Waals surface area contributed by atoms with E-state index in [9.17, 15) is 18.8 Å². The molecule has 0 unspecified atom stereocenters. The maximum Gasteiger partial charge on any atom is 0.255 e. The number of nitrogens with zero attached hydrogens (tertiary/aromatic N) is 3. The normalized spacial score (nSPS) is 19.7. The van der Waals surface area contributed by atoms with Gasteiger partial charge < -0.3 is 19.9 Å². The molecule has 10 heteroatoms. The minimum absolute atomic E-state index is 0.00902. The zero-order valence-electron chi connectivity index (χ0n) is 21.9. The van der Waals surface area contributed by atoms with E-state index in [4.69, 9.17) is 16.3 Å². The minimum atomic E-state index is -0.546. The van der Waals surface area contributed by atoms with Crippen molar-refractivity contribution in [3.8, 4) is 5.75 Å². The third-order valence-electron chi connectivity index (χ3n) is 7.26. The van der Waals surface area contributed by atoms with E-state index < -0.39 is 11.7 Å². The van der Waals surface area contributed by atoms with Crippen LogP contribution < -0.4 is 10.1 Å². The lowest BCUT2D eigenvalue weighted by Gasteiger charge is -2.26. The molecule has 0 radical (unpaired) electrons. The van der Waals surface area contributed by atoms with Crippen LogP contribution in [-0.4, -0.2) is 71.3 Å². The number of amides is 3. The number of carbonyl (C=O) groups excluding carboxylic acids is 3. The van der Waals surface area contributed by atoms with Crippen LogP contribution >= 0.6 is 11.6 Å². The fraction of sp³-hybridized carbons (Fsp3) is 0.333. The van der Waals surface area contributed by atoms with Gasteiger partial charge in [-0.05, 0) is 60.4 Å². The van der Waals surface area contributed by atoms with E-state index in [0.717, 1.165) is 17.2 Å². The predicted molar refractivity (Wildman–Crippen MR) is 148 cm³/mol. The highest BCUT2D eigenvalue weighted by molar-refractivity contribution is 6.33. The van der Waals surface area contributed by atoms with E-state index in [1.54, 1.807) is 23.4 Å². The van der Waals surface area contributed by atoms with E-state index >= 15 is 0 Å². The second-order valence-corrected chi connectivity index (χ2v) is 10.5. The Kier molecular flexibility index (Phi) is 8.60. The van der Waals surface area contributed by atoms with E-state index in [1.165, 1.54) is 17.0 Å². The molecule has 2 aromatic carbocycles. The van der Waals surface area contributed by atoms with Gasteiger partial charge in [-0.15, -0.1) is 0 Å². The Morgan fingerprint density at radius 3 is 2.75 bits per heavy atom. The summed E-state index contributed by atoms with van der Waals surface area (Å²) in [6.45, 7) is 1.31. The first-order chi connectivity index (χ1) is 19.4. The highest BCUT2D eigenvalue weighted by Gasteiger charge is 2.37. The summed E-state index contributed by atoms with van der Waals surface area (Å²) in [5.74, 6) is -0.838. The van der Waals surface area contributed by atoms with Gasteiger partial charge in [-0.1, -0.05) is 29.8 Å². The van der Waals surface area contributed by atoms with Gasteiger partial charge in [-0.3, -0.25) is 19.4 Å². The first-order valence-electron chi connectivity index (χ1n) is 13.3. The number of hydrogen-bond acceptors (Lipinski definition) is 5. The topological polar surface area (TPSA) is 91.8 Å². The average Bonchev–Trinajstić information content (AvgIpc) is 3.36. The Morgan fingerprint density at radius 2 is 1.95 bits per heavy atom. The molecule has 2 bridgehead atoms. The number of rotatable bonds is 3. The van der Waals surface area contributed by atoms with Crippen LogP contribution in [0.3, 0.4) is 0 Å². The molecule has 1 N–H and O–H groups in total. The summed E-state index contributed by atoms with van der Waals surface area (Å²) in [5.41, 5.74) is 1.91. The summed E-state index contributed by atoms with van der Waals surface area (Å²) in [5, 5.41) is 3.07. The summed E-state index contributed by atoms with van der Waals surface area (Å²) < 4.78 is 19.6. The van der Waals surface area contributed by atoms with Crippen molar-refractivity contribution in [3.63, 3.8) is 0 Å². The monoisotopic (exact) mass is 564 g/mol. The number of likely N-dealkylation sites (tertiary alicyclic amines) is 1. The first-order valence-corrected chi connectivity index (χ1v) is 13.7. The van der Waals surface area contributed by atoms with Crippen molar-refractivity contribution < 1.29 is 23.5 Å². The second kappa shape index (κ2) is 12.5. The molecule has 2 atom stereocenters. The SMILES string of the molecule is O=C1CN(C(=O)c2ccc(F)cc2Cl)CCCCOc2cccc(c2)[C@H]2CN(C(=O)Cc3cccnc3)C[C@@H]2N1. The molecule has 3 aromatic rings. The number of nitrogens with one attached hydrogen (secondary N) is 1. The molecule has 1 fully saturated rings. The van der Waals surface area contributed by atoms with Crippen LogP contribution in [-0.2, 0) is 16.0 Å². The lowest BCUT2D eigenvalue weighted by atomic mass is 9.94. The Balaban J connectivity index is 1.38. The first kappa shape index (κ1) is 27.6. The molecule has 1 saturated heterocycles. The van der Waals surface area contributed by atoms with Crippen molar-refractivity contribution in [2.75, 3.05) is 32.8 Å². The molecule has 0 saturated carbocycles. The molecule has 3 heterocycles. The quantitative estimate of drug-likeness (QED) is 0.522. The molecule has 40 heavy (non-hydrogen) atoms. The van der Waals surface area contributed by atoms with E-state index in [-0.39, 0.29) is 47.3 Å². The van der Waals surface area contributed by atoms with E-state index in [0.29, 0.717) is 44.8 Å². The van der Waals surface area contributed by atoms with Gasteiger partial charge in [-0.25, -0.2) is 4.39 Å². The summed E-state index contributed by atoms with van der Waals surface area (Å²) >= 11 is 6.16. The largest absolute Gasteiger partial charge is 0.494 e. The van der Waals surface area contributed by atoms with E-state index in [2.05, 4.69) is 10.3 Å². The van der Waals surface area contributed by atoms with Crippen molar-refractivity contribution in [1.29, 1.82) is 0 Å². The summed E-state index contributed by atoms with van der Waals surface area (Å²) in [6, 6.07) is 14.6. The van der Waals surface area contributed by atoms with Gasteiger partial charge in [0, 0.05) is 37.9 Å². The molecule has 0 spiro atoms.